The topological polar surface area (TPSA) is 163 Å². The molecule has 39 heavy (non-hydrogen) atoms. The Balaban J connectivity index is 1.41. The predicted octanol–water partition coefficient (Wildman–Crippen LogP) is 2.46. The summed E-state index contributed by atoms with van der Waals surface area (Å²) in [5.41, 5.74) is 3.87. The zero-order chi connectivity index (χ0) is 28.1. The molecule has 1 saturated heterocycles. The fraction of sp³-hybridized carbons (Fsp3) is 0.393. The van der Waals surface area contributed by atoms with Crippen LogP contribution >= 0.6 is 0 Å². The molecule has 1 aliphatic rings. The number of aromatic nitrogens is 1. The number of hydrogen-bond donors (Lipinski definition) is 2. The van der Waals surface area contributed by atoms with Crippen LogP contribution in [0.15, 0.2) is 51.7 Å². The zero-order valence-electron chi connectivity index (χ0n) is 21.4. The molecule has 4 rings (SSSR count). The number of benzene rings is 2. The molecule has 11 nitrogen and oxygen atoms in total. The van der Waals surface area contributed by atoms with E-state index in [9.17, 15) is 29.5 Å². The number of Topliss-reactive ketones (excluding diaryl/α,β-unsaturated/α-hetero) is 1. The van der Waals surface area contributed by atoms with E-state index in [2.05, 4.69) is 6.07 Å². The van der Waals surface area contributed by atoms with Crippen LogP contribution in [0.3, 0.4) is 0 Å². The van der Waals surface area contributed by atoms with Crippen LogP contribution in [-0.2, 0) is 32.6 Å². The number of carboxylic acids is 2. The Morgan fingerprint density at radius 1 is 1.10 bits per heavy atom. The van der Waals surface area contributed by atoms with Crippen LogP contribution < -0.4 is 5.76 Å². The van der Waals surface area contributed by atoms with Crippen molar-refractivity contribution in [3.05, 3.63) is 58.6 Å². The number of ether oxygens (including phenoxy) is 1. The van der Waals surface area contributed by atoms with Crippen LogP contribution in [0.1, 0.15) is 24.8 Å². The number of ketones is 1. The van der Waals surface area contributed by atoms with Crippen molar-refractivity contribution < 1.29 is 33.8 Å². The number of aryl methyl sites for hydroxylation is 1. The van der Waals surface area contributed by atoms with Crippen LogP contribution in [0.25, 0.3) is 22.2 Å². The average molecular weight is 536 g/mol. The Labute approximate surface area is 223 Å². The van der Waals surface area contributed by atoms with E-state index in [0.717, 1.165) is 16.7 Å². The third-order valence-electron chi connectivity index (χ3n) is 6.95. The van der Waals surface area contributed by atoms with Crippen molar-refractivity contribution in [3.8, 4) is 17.2 Å². The van der Waals surface area contributed by atoms with Gasteiger partial charge in [0.25, 0.3) is 0 Å². The van der Waals surface area contributed by atoms with Gasteiger partial charge in [0.15, 0.2) is 11.4 Å². The molecule has 0 radical (unpaired) electrons. The summed E-state index contributed by atoms with van der Waals surface area (Å²) in [6.45, 7) is 0.498. The number of oxazole rings is 1. The number of fused-ring (bicyclic) bond motifs is 1. The number of aliphatic carboxylic acids is 2. The van der Waals surface area contributed by atoms with Gasteiger partial charge in [0.2, 0.25) is 0 Å². The second-order valence-corrected chi connectivity index (χ2v) is 9.67. The first kappa shape index (κ1) is 27.8. The van der Waals surface area contributed by atoms with E-state index < -0.39 is 42.2 Å². The van der Waals surface area contributed by atoms with E-state index in [4.69, 9.17) is 14.3 Å². The highest BCUT2D eigenvalue weighted by Gasteiger charge is 2.34. The summed E-state index contributed by atoms with van der Waals surface area (Å²) in [5.74, 6) is -3.87. The molecule has 1 aromatic heterocycles. The molecule has 2 aromatic carbocycles. The fourth-order valence-electron chi connectivity index (χ4n) is 4.83. The molecule has 204 valence electrons. The van der Waals surface area contributed by atoms with E-state index in [1.165, 1.54) is 9.47 Å². The van der Waals surface area contributed by atoms with Crippen LogP contribution in [-0.4, -0.2) is 69.2 Å². The molecule has 11 heteroatoms. The van der Waals surface area contributed by atoms with Crippen LogP contribution in [0.5, 0.6) is 0 Å². The smallest absolute Gasteiger partial charge is 0.419 e. The first-order valence-corrected chi connectivity index (χ1v) is 12.6. The Morgan fingerprint density at radius 3 is 2.49 bits per heavy atom. The number of hydrogen-bond acceptors (Lipinski definition) is 8. The largest absolute Gasteiger partial charge is 0.481 e. The van der Waals surface area contributed by atoms with Crippen LogP contribution in [0.2, 0.25) is 0 Å². The van der Waals surface area contributed by atoms with Gasteiger partial charge in [-0.05, 0) is 41.7 Å². The van der Waals surface area contributed by atoms with Crippen LogP contribution in [0, 0.1) is 17.2 Å². The first-order valence-electron chi connectivity index (χ1n) is 12.6. The Bertz CT molecular complexity index is 1470. The van der Waals surface area contributed by atoms with E-state index in [1.807, 2.05) is 36.4 Å². The summed E-state index contributed by atoms with van der Waals surface area (Å²) in [6, 6.07) is 14.0. The quantitative estimate of drug-likeness (QED) is 0.394. The molecule has 3 aromatic rings. The lowest BCUT2D eigenvalue weighted by molar-refractivity contribution is -0.150. The van der Waals surface area contributed by atoms with Crippen molar-refractivity contribution >= 4 is 28.8 Å². The second kappa shape index (κ2) is 12.1. The lowest BCUT2D eigenvalue weighted by Crippen LogP contribution is -2.47. The lowest BCUT2D eigenvalue weighted by Gasteiger charge is -2.28. The number of carboxylic acid groups (broad SMARTS) is 2. The molecule has 0 bridgehead atoms. The maximum atomic E-state index is 13.0. The second-order valence-electron chi connectivity index (χ2n) is 9.67. The number of carbonyl (C=O) groups excluding carboxylic acids is 1. The molecule has 1 aliphatic heterocycles. The highest BCUT2D eigenvalue weighted by Crippen LogP contribution is 2.25. The summed E-state index contributed by atoms with van der Waals surface area (Å²) < 4.78 is 12.3. The Morgan fingerprint density at radius 2 is 1.82 bits per heavy atom. The van der Waals surface area contributed by atoms with Crippen molar-refractivity contribution in [1.82, 2.24) is 9.47 Å². The van der Waals surface area contributed by atoms with Gasteiger partial charge in [-0.1, -0.05) is 30.3 Å². The molecule has 0 saturated carbocycles. The standard InChI is InChI=1S/C28H29N3O8/c1-30-21-13-20(7-8-24(21)39-28(30)37)19-5-3-17(4-6-19)11-18(15-29)12-23(32)25-16-31(9-2-10-38-25)22(27(35)36)14-26(33)34/h3-8,13,18,22,25H,2,9-12,14,16H2,1H3,(H,33,34)(H,35,36)/t18-,22?,25?/m1/s1. The van der Waals surface area contributed by atoms with Crippen molar-refractivity contribution in [1.29, 1.82) is 5.26 Å². The predicted molar refractivity (Wildman–Crippen MR) is 139 cm³/mol. The number of nitriles is 1. The molecular weight excluding hydrogens is 506 g/mol. The van der Waals surface area contributed by atoms with E-state index in [-0.39, 0.29) is 25.4 Å². The summed E-state index contributed by atoms with van der Waals surface area (Å²) in [5, 5.41) is 28.3. The Kier molecular flexibility index (Phi) is 8.59. The minimum Gasteiger partial charge on any atom is -0.481 e. The molecule has 2 unspecified atom stereocenters. The molecule has 1 fully saturated rings. The number of rotatable bonds is 10. The Hall–Kier alpha value is -4.27. The minimum absolute atomic E-state index is 0.0392. The summed E-state index contributed by atoms with van der Waals surface area (Å²) in [6.07, 6.45) is -0.786. The third kappa shape index (κ3) is 6.60. The molecular formula is C28H29N3O8. The molecule has 0 aliphatic carbocycles. The zero-order valence-corrected chi connectivity index (χ0v) is 21.4. The average Bonchev–Trinajstić information content (AvgIpc) is 3.06. The third-order valence-corrected chi connectivity index (χ3v) is 6.95. The SMILES string of the molecule is Cn1c(=O)oc2ccc(-c3ccc(C[C@@H](C#N)CC(=O)C4CN(C(CC(=O)O)C(=O)O)CCCO4)cc3)cc21. The van der Waals surface area contributed by atoms with E-state index >= 15 is 0 Å². The van der Waals surface area contributed by atoms with Gasteiger partial charge in [-0.2, -0.15) is 5.26 Å². The maximum Gasteiger partial charge on any atom is 0.419 e. The molecule has 2 heterocycles. The van der Waals surface area contributed by atoms with Gasteiger partial charge >= 0.3 is 17.7 Å². The summed E-state index contributed by atoms with van der Waals surface area (Å²) >= 11 is 0. The van der Waals surface area contributed by atoms with Gasteiger partial charge < -0.3 is 19.4 Å². The molecule has 3 atom stereocenters. The number of carbonyl (C=O) groups is 3. The van der Waals surface area contributed by atoms with Gasteiger partial charge in [-0.15, -0.1) is 0 Å². The molecule has 0 spiro atoms. The van der Waals surface area contributed by atoms with Gasteiger partial charge in [0.1, 0.15) is 12.1 Å². The molecule has 2 N–H and O–H groups in total. The van der Waals surface area contributed by atoms with Gasteiger partial charge in [-0.25, -0.2) is 4.79 Å². The summed E-state index contributed by atoms with van der Waals surface area (Å²) in [7, 11) is 1.64. The van der Waals surface area contributed by atoms with Gasteiger partial charge in [0, 0.05) is 33.2 Å². The first-order chi connectivity index (χ1) is 18.7. The highest BCUT2D eigenvalue weighted by atomic mass is 16.5. The van der Waals surface area contributed by atoms with Gasteiger partial charge in [-0.3, -0.25) is 23.9 Å². The minimum atomic E-state index is -1.27. The van der Waals surface area contributed by atoms with E-state index in [0.29, 0.717) is 30.5 Å². The van der Waals surface area contributed by atoms with Crippen molar-refractivity contribution in [2.24, 2.45) is 13.0 Å². The normalized spacial score (nSPS) is 17.7. The summed E-state index contributed by atoms with van der Waals surface area (Å²) in [4.78, 5) is 49.1. The monoisotopic (exact) mass is 535 g/mol. The van der Waals surface area contributed by atoms with Crippen molar-refractivity contribution in [2.75, 3.05) is 19.7 Å². The van der Waals surface area contributed by atoms with Crippen LogP contribution in [0.4, 0.5) is 0 Å². The van der Waals surface area contributed by atoms with Crippen molar-refractivity contribution in [3.63, 3.8) is 0 Å². The number of nitrogens with zero attached hydrogens (tertiary/aromatic N) is 3. The fourth-order valence-corrected chi connectivity index (χ4v) is 4.83. The highest BCUT2D eigenvalue weighted by molar-refractivity contribution is 5.84. The maximum absolute atomic E-state index is 13.0. The van der Waals surface area contributed by atoms with Gasteiger partial charge in [0.05, 0.1) is 23.9 Å². The lowest BCUT2D eigenvalue weighted by atomic mass is 9.92. The van der Waals surface area contributed by atoms with E-state index in [1.54, 1.807) is 13.1 Å². The molecule has 0 amide bonds. The van der Waals surface area contributed by atoms with Crippen molar-refractivity contribution in [2.45, 2.75) is 37.8 Å².